The van der Waals surface area contributed by atoms with Crippen LogP contribution in [0.3, 0.4) is 0 Å². The Morgan fingerprint density at radius 2 is 1.78 bits per heavy atom. The number of hydrogen-bond donors (Lipinski definition) is 0. The van der Waals surface area contributed by atoms with Gasteiger partial charge in [0.15, 0.2) is 0 Å². The molecule has 2 heterocycles. The quantitative estimate of drug-likeness (QED) is 0.557. The average Bonchev–Trinajstić information content (AvgIpc) is 3.06. The molecule has 0 aromatic heterocycles. The molecule has 2 aromatic carbocycles. The molecule has 5 nitrogen and oxygen atoms in total. The number of ether oxygens (including phenoxy) is 1. The van der Waals surface area contributed by atoms with Gasteiger partial charge in [-0.1, -0.05) is 70.4 Å². The fourth-order valence-corrected chi connectivity index (χ4v) is 4.32. The molecule has 2 saturated heterocycles. The number of nitrogens with zero attached hydrogens (tertiary/aromatic N) is 2. The maximum Gasteiger partial charge on any atom is 0.411 e. The zero-order valence-corrected chi connectivity index (χ0v) is 16.0. The lowest BCUT2D eigenvalue weighted by Crippen LogP contribution is -2.66. The van der Waals surface area contributed by atoms with Crippen molar-refractivity contribution in [2.24, 2.45) is 0 Å². The van der Waals surface area contributed by atoms with E-state index in [2.05, 4.69) is 21.9 Å². The fourth-order valence-electron chi connectivity index (χ4n) is 3.80. The van der Waals surface area contributed by atoms with Crippen LogP contribution in [0.1, 0.15) is 23.2 Å². The zero-order valence-electron chi connectivity index (χ0n) is 14.4. The van der Waals surface area contributed by atoms with Gasteiger partial charge in [-0.15, -0.1) is 6.42 Å². The second-order valence-electron chi connectivity index (χ2n) is 6.49. The summed E-state index contributed by atoms with van der Waals surface area (Å²) >= 11 is 3.56. The zero-order chi connectivity index (χ0) is 19.0. The number of terminal acetylenes is 1. The smallest absolute Gasteiger partial charge is 0.411 e. The number of amides is 2. The molecule has 3 atom stereocenters. The molecular weight excluding hydrogens is 408 g/mol. The van der Waals surface area contributed by atoms with Crippen LogP contribution in [0.15, 0.2) is 59.1 Å². The summed E-state index contributed by atoms with van der Waals surface area (Å²) in [5.74, 6) is 2.38. The number of likely N-dealkylation sites (tertiary alicyclic amines) is 1. The molecule has 0 bridgehead atoms. The Kier molecular flexibility index (Phi) is 4.63. The topological polar surface area (TPSA) is 49.9 Å². The van der Waals surface area contributed by atoms with Gasteiger partial charge < -0.3 is 9.64 Å². The molecule has 136 valence electrons. The first-order valence-corrected chi connectivity index (χ1v) is 9.41. The van der Waals surface area contributed by atoms with Crippen molar-refractivity contribution < 1.29 is 14.3 Å². The molecule has 0 radical (unpaired) electrons. The first-order valence-electron chi connectivity index (χ1n) is 8.62. The summed E-state index contributed by atoms with van der Waals surface area (Å²) in [6.45, 7) is 0.421. The Morgan fingerprint density at radius 3 is 2.48 bits per heavy atom. The summed E-state index contributed by atoms with van der Waals surface area (Å²) in [5, 5.41) is 0. The van der Waals surface area contributed by atoms with Crippen LogP contribution in [-0.4, -0.2) is 41.0 Å². The number of rotatable bonds is 4. The normalized spacial score (nSPS) is 24.4. The van der Waals surface area contributed by atoms with Crippen LogP contribution in [0, 0.1) is 12.3 Å². The van der Waals surface area contributed by atoms with Gasteiger partial charge in [-0.3, -0.25) is 9.69 Å². The van der Waals surface area contributed by atoms with E-state index in [1.54, 1.807) is 9.80 Å². The van der Waals surface area contributed by atoms with Gasteiger partial charge in [-0.2, -0.15) is 0 Å². The molecular formula is C21H17BrN2O3. The highest BCUT2D eigenvalue weighted by Crippen LogP contribution is 2.45. The van der Waals surface area contributed by atoms with Gasteiger partial charge in [-0.25, -0.2) is 4.79 Å². The number of carbonyl (C=O) groups is 2. The second kappa shape index (κ2) is 7.09. The van der Waals surface area contributed by atoms with Gasteiger partial charge >= 0.3 is 6.09 Å². The van der Waals surface area contributed by atoms with E-state index in [1.165, 1.54) is 0 Å². The summed E-state index contributed by atoms with van der Waals surface area (Å²) in [5.41, 5.74) is 1.86. The van der Waals surface area contributed by atoms with Crippen LogP contribution in [0.5, 0.6) is 0 Å². The van der Waals surface area contributed by atoms with Crippen LogP contribution in [-0.2, 0) is 9.53 Å². The van der Waals surface area contributed by atoms with E-state index < -0.39 is 12.1 Å². The maximum absolute atomic E-state index is 12.9. The molecule has 2 aromatic rings. The largest absolute Gasteiger partial charge is 0.447 e. The van der Waals surface area contributed by atoms with Gasteiger partial charge in [0, 0.05) is 4.47 Å². The molecule has 2 fully saturated rings. The van der Waals surface area contributed by atoms with Crippen molar-refractivity contribution in [1.82, 2.24) is 9.80 Å². The van der Waals surface area contributed by atoms with Gasteiger partial charge in [0.25, 0.3) is 0 Å². The summed E-state index contributed by atoms with van der Waals surface area (Å²) < 4.78 is 6.19. The van der Waals surface area contributed by atoms with Crippen molar-refractivity contribution in [2.45, 2.75) is 18.1 Å². The molecule has 0 aliphatic carbocycles. The lowest BCUT2D eigenvalue weighted by molar-refractivity contribution is -0.157. The van der Waals surface area contributed by atoms with Crippen molar-refractivity contribution in [3.05, 3.63) is 70.2 Å². The molecule has 27 heavy (non-hydrogen) atoms. The van der Waals surface area contributed by atoms with E-state index in [0.29, 0.717) is 0 Å². The highest BCUT2D eigenvalue weighted by molar-refractivity contribution is 9.10. The van der Waals surface area contributed by atoms with Crippen LogP contribution in [0.25, 0.3) is 0 Å². The number of halogens is 1. The SMILES string of the molecule is C#CCN1C(=O)[C@@H](N2C(=O)OC[C@@H]2c2ccccc2)[C@H]1c1ccccc1Br. The monoisotopic (exact) mass is 424 g/mol. The third-order valence-electron chi connectivity index (χ3n) is 5.05. The standard InChI is InChI=1S/C21H17BrN2O3/c1-2-12-23-18(15-10-6-7-11-16(15)22)19(20(23)25)24-17(13-27-21(24)26)14-8-4-3-5-9-14/h1,3-11,17-19H,12-13H2/t17-,18-,19+/m1/s1. The van der Waals surface area contributed by atoms with E-state index in [0.717, 1.165) is 15.6 Å². The number of carbonyl (C=O) groups excluding carboxylic acids is 2. The molecule has 4 rings (SSSR count). The molecule has 0 spiro atoms. The lowest BCUT2D eigenvalue weighted by atomic mass is 9.86. The maximum atomic E-state index is 12.9. The van der Waals surface area contributed by atoms with Gasteiger partial charge in [0.1, 0.15) is 12.6 Å². The van der Waals surface area contributed by atoms with Gasteiger partial charge in [0.05, 0.1) is 18.6 Å². The third kappa shape index (κ3) is 2.88. The van der Waals surface area contributed by atoms with Crippen LogP contribution in [0.4, 0.5) is 4.79 Å². The highest BCUT2D eigenvalue weighted by atomic mass is 79.9. The Morgan fingerprint density at radius 1 is 1.07 bits per heavy atom. The van der Waals surface area contributed by atoms with Crippen LogP contribution in [0.2, 0.25) is 0 Å². The molecule has 0 unspecified atom stereocenters. The Bertz CT molecular complexity index is 925. The number of cyclic esters (lactones) is 1. The second-order valence-corrected chi connectivity index (χ2v) is 7.35. The number of hydrogen-bond acceptors (Lipinski definition) is 3. The minimum atomic E-state index is -0.641. The summed E-state index contributed by atoms with van der Waals surface area (Å²) in [4.78, 5) is 28.7. The van der Waals surface area contributed by atoms with E-state index >= 15 is 0 Å². The Balaban J connectivity index is 1.74. The molecule has 2 amide bonds. The van der Waals surface area contributed by atoms with Crippen molar-refractivity contribution in [1.29, 1.82) is 0 Å². The molecule has 2 aliphatic heterocycles. The molecule has 2 aliphatic rings. The molecule has 6 heteroatoms. The Labute approximate surface area is 166 Å². The number of benzene rings is 2. The summed E-state index contributed by atoms with van der Waals surface area (Å²) in [6, 6.07) is 16.0. The predicted octanol–water partition coefficient (Wildman–Crippen LogP) is 3.53. The van der Waals surface area contributed by atoms with Gasteiger partial charge in [-0.05, 0) is 17.2 Å². The minimum absolute atomic E-state index is 0.159. The molecule has 0 N–H and O–H groups in total. The van der Waals surface area contributed by atoms with Crippen molar-refractivity contribution >= 4 is 27.9 Å². The van der Waals surface area contributed by atoms with Crippen molar-refractivity contribution in [2.75, 3.05) is 13.2 Å². The van der Waals surface area contributed by atoms with E-state index in [-0.39, 0.29) is 31.1 Å². The average molecular weight is 425 g/mol. The summed E-state index contributed by atoms with van der Waals surface area (Å²) in [7, 11) is 0. The van der Waals surface area contributed by atoms with E-state index in [9.17, 15) is 9.59 Å². The van der Waals surface area contributed by atoms with E-state index in [1.807, 2.05) is 54.6 Å². The lowest BCUT2D eigenvalue weighted by Gasteiger charge is -2.50. The first kappa shape index (κ1) is 17.6. The molecule has 0 saturated carbocycles. The Hall–Kier alpha value is -2.78. The predicted molar refractivity (Wildman–Crippen MR) is 104 cm³/mol. The van der Waals surface area contributed by atoms with Crippen molar-refractivity contribution in [3.63, 3.8) is 0 Å². The van der Waals surface area contributed by atoms with Crippen molar-refractivity contribution in [3.8, 4) is 12.3 Å². The minimum Gasteiger partial charge on any atom is -0.447 e. The third-order valence-corrected chi connectivity index (χ3v) is 5.77. The van der Waals surface area contributed by atoms with Crippen LogP contribution >= 0.6 is 15.9 Å². The summed E-state index contributed by atoms with van der Waals surface area (Å²) in [6.07, 6.45) is 4.99. The first-order chi connectivity index (χ1) is 13.1. The highest BCUT2D eigenvalue weighted by Gasteiger charge is 2.56. The number of β-lactam (4-membered cyclic amide) rings is 1. The van der Waals surface area contributed by atoms with E-state index in [4.69, 9.17) is 11.2 Å². The fraction of sp³-hybridized carbons (Fsp3) is 0.238. The van der Waals surface area contributed by atoms with Gasteiger partial charge in [0.2, 0.25) is 5.91 Å². The van der Waals surface area contributed by atoms with Crippen LogP contribution < -0.4 is 0 Å².